The number of ether oxygens (including phenoxy) is 1. The van der Waals surface area contributed by atoms with E-state index < -0.39 is 12.1 Å². The Labute approximate surface area is 199 Å². The van der Waals surface area contributed by atoms with Gasteiger partial charge in [0.25, 0.3) is 5.91 Å². The van der Waals surface area contributed by atoms with Gasteiger partial charge in [-0.1, -0.05) is 55.5 Å². The van der Waals surface area contributed by atoms with Gasteiger partial charge in [-0.25, -0.2) is 4.39 Å². The van der Waals surface area contributed by atoms with Crippen LogP contribution < -0.4 is 10.1 Å². The summed E-state index contributed by atoms with van der Waals surface area (Å²) < 4.78 is 20.0. The maximum atomic E-state index is 14.1. The molecule has 2 amide bonds. The lowest BCUT2D eigenvalue weighted by molar-refractivity contribution is -0.133. The number of carbonyl (C=O) groups excluding carboxylic acids is 2. The van der Waals surface area contributed by atoms with Gasteiger partial charge in [0.05, 0.1) is 6.04 Å². The minimum absolute atomic E-state index is 0.0138. The molecule has 2 unspecified atom stereocenters. The summed E-state index contributed by atoms with van der Waals surface area (Å²) in [7, 11) is 0. The first kappa shape index (κ1) is 23.5. The van der Waals surface area contributed by atoms with Gasteiger partial charge in [-0.3, -0.25) is 9.59 Å². The van der Waals surface area contributed by atoms with Gasteiger partial charge in [0.15, 0.2) is 6.10 Å². The number of amides is 2. The van der Waals surface area contributed by atoms with E-state index >= 15 is 0 Å². The summed E-state index contributed by atoms with van der Waals surface area (Å²) in [6.45, 7) is 4.53. The molecule has 3 aromatic carbocycles. The van der Waals surface area contributed by atoms with E-state index in [1.54, 1.807) is 17.9 Å². The average Bonchev–Trinajstić information content (AvgIpc) is 2.86. The monoisotopic (exact) mass is 460 g/mol. The summed E-state index contributed by atoms with van der Waals surface area (Å²) in [5.41, 5.74) is 3.71. The number of rotatable bonds is 7. The van der Waals surface area contributed by atoms with Crippen molar-refractivity contribution in [1.29, 1.82) is 0 Å². The summed E-state index contributed by atoms with van der Waals surface area (Å²) in [6.07, 6.45) is 0.377. The molecule has 1 heterocycles. The SMILES string of the molecule is CCC(=O)N1CCc2ccc(OC(C)C(=O)NCc3ccccc3)cc2C1c1cccc(F)c1. The number of halogens is 1. The molecule has 1 aliphatic rings. The number of hydrogen-bond donors (Lipinski definition) is 1. The van der Waals surface area contributed by atoms with Crippen LogP contribution in [0.15, 0.2) is 72.8 Å². The molecule has 0 aliphatic carbocycles. The highest BCUT2D eigenvalue weighted by atomic mass is 19.1. The molecular weight excluding hydrogens is 431 g/mol. The maximum absolute atomic E-state index is 14.1. The van der Waals surface area contributed by atoms with Crippen LogP contribution in [0.3, 0.4) is 0 Å². The Hall–Kier alpha value is -3.67. The van der Waals surface area contributed by atoms with Crippen molar-refractivity contribution in [2.24, 2.45) is 0 Å². The zero-order chi connectivity index (χ0) is 24.1. The van der Waals surface area contributed by atoms with E-state index in [-0.39, 0.29) is 17.6 Å². The molecule has 0 saturated carbocycles. The van der Waals surface area contributed by atoms with Gasteiger partial charge in [-0.2, -0.15) is 0 Å². The number of benzene rings is 3. The minimum Gasteiger partial charge on any atom is -0.481 e. The second kappa shape index (κ2) is 10.5. The summed E-state index contributed by atoms with van der Waals surface area (Å²) in [5, 5.41) is 2.89. The van der Waals surface area contributed by atoms with Crippen LogP contribution in [0.4, 0.5) is 4.39 Å². The normalized spacial score (nSPS) is 15.9. The van der Waals surface area contributed by atoms with Crippen molar-refractivity contribution in [3.63, 3.8) is 0 Å². The lowest BCUT2D eigenvalue weighted by Crippen LogP contribution is -2.40. The Morgan fingerprint density at radius 3 is 2.62 bits per heavy atom. The molecule has 0 fully saturated rings. The van der Waals surface area contributed by atoms with E-state index in [0.717, 1.165) is 16.7 Å². The molecule has 1 aliphatic heterocycles. The highest BCUT2D eigenvalue weighted by molar-refractivity contribution is 5.80. The Morgan fingerprint density at radius 2 is 1.88 bits per heavy atom. The summed E-state index contributed by atoms with van der Waals surface area (Å²) >= 11 is 0. The molecule has 0 saturated heterocycles. The van der Waals surface area contributed by atoms with Gasteiger partial charge >= 0.3 is 0 Å². The van der Waals surface area contributed by atoms with E-state index in [1.807, 2.05) is 61.5 Å². The van der Waals surface area contributed by atoms with Gasteiger partial charge in [-0.15, -0.1) is 0 Å². The van der Waals surface area contributed by atoms with Crippen LogP contribution in [0.25, 0.3) is 0 Å². The van der Waals surface area contributed by atoms with Crippen LogP contribution >= 0.6 is 0 Å². The number of nitrogens with zero attached hydrogens (tertiary/aromatic N) is 1. The first-order chi connectivity index (χ1) is 16.5. The fourth-order valence-corrected chi connectivity index (χ4v) is 4.36. The van der Waals surface area contributed by atoms with Crippen molar-refractivity contribution in [2.45, 2.75) is 45.4 Å². The van der Waals surface area contributed by atoms with Gasteiger partial charge in [0, 0.05) is 19.5 Å². The smallest absolute Gasteiger partial charge is 0.261 e. The number of hydrogen-bond acceptors (Lipinski definition) is 3. The molecule has 5 nitrogen and oxygen atoms in total. The predicted molar refractivity (Wildman–Crippen MR) is 129 cm³/mol. The largest absolute Gasteiger partial charge is 0.481 e. The van der Waals surface area contributed by atoms with Gasteiger partial charge in [0.2, 0.25) is 5.91 Å². The number of fused-ring (bicyclic) bond motifs is 1. The second-order valence-corrected chi connectivity index (χ2v) is 8.47. The van der Waals surface area contributed by atoms with E-state index in [9.17, 15) is 14.0 Å². The van der Waals surface area contributed by atoms with Crippen LogP contribution in [0.5, 0.6) is 5.75 Å². The van der Waals surface area contributed by atoms with Gasteiger partial charge in [0.1, 0.15) is 11.6 Å². The molecule has 2 atom stereocenters. The Morgan fingerprint density at radius 1 is 1.09 bits per heavy atom. The molecular formula is C28H29FN2O3. The molecule has 176 valence electrons. The lowest BCUT2D eigenvalue weighted by Gasteiger charge is -2.38. The van der Waals surface area contributed by atoms with E-state index in [1.165, 1.54) is 12.1 Å². The van der Waals surface area contributed by atoms with Crippen LogP contribution in [0.1, 0.15) is 48.6 Å². The first-order valence-corrected chi connectivity index (χ1v) is 11.6. The average molecular weight is 461 g/mol. The maximum Gasteiger partial charge on any atom is 0.261 e. The molecule has 0 radical (unpaired) electrons. The van der Waals surface area contributed by atoms with Crippen molar-refractivity contribution in [3.05, 3.63) is 101 Å². The molecule has 4 rings (SSSR count). The Balaban J connectivity index is 1.56. The third-order valence-corrected chi connectivity index (χ3v) is 6.12. The minimum atomic E-state index is -0.702. The zero-order valence-corrected chi connectivity index (χ0v) is 19.5. The van der Waals surface area contributed by atoms with Crippen LogP contribution in [0, 0.1) is 5.82 Å². The van der Waals surface area contributed by atoms with E-state index in [0.29, 0.717) is 37.2 Å². The molecule has 0 aromatic heterocycles. The standard InChI is InChI=1S/C28H29FN2O3/c1-3-26(32)31-15-14-21-12-13-24(17-25(21)27(31)22-10-7-11-23(29)16-22)34-19(2)28(33)30-18-20-8-5-4-6-9-20/h4-13,16-17,19,27H,3,14-15,18H2,1-2H3,(H,30,33). The predicted octanol–water partition coefficient (Wildman–Crippen LogP) is 4.79. The van der Waals surface area contributed by atoms with Crippen molar-refractivity contribution < 1.29 is 18.7 Å². The van der Waals surface area contributed by atoms with Crippen molar-refractivity contribution in [1.82, 2.24) is 10.2 Å². The van der Waals surface area contributed by atoms with Crippen molar-refractivity contribution >= 4 is 11.8 Å². The summed E-state index contributed by atoms with van der Waals surface area (Å²) in [4.78, 5) is 27.1. The second-order valence-electron chi connectivity index (χ2n) is 8.47. The fraction of sp³-hybridized carbons (Fsp3) is 0.286. The van der Waals surface area contributed by atoms with Crippen LogP contribution in [0.2, 0.25) is 0 Å². The van der Waals surface area contributed by atoms with E-state index in [4.69, 9.17) is 4.74 Å². The molecule has 34 heavy (non-hydrogen) atoms. The third-order valence-electron chi connectivity index (χ3n) is 6.12. The van der Waals surface area contributed by atoms with Crippen LogP contribution in [-0.2, 0) is 22.6 Å². The first-order valence-electron chi connectivity index (χ1n) is 11.6. The molecule has 0 spiro atoms. The molecule has 3 aromatic rings. The molecule has 0 bridgehead atoms. The summed E-state index contributed by atoms with van der Waals surface area (Å²) in [6, 6.07) is 21.3. The molecule has 6 heteroatoms. The topological polar surface area (TPSA) is 58.6 Å². The quantitative estimate of drug-likeness (QED) is 0.551. The fourth-order valence-electron chi connectivity index (χ4n) is 4.36. The molecule has 1 N–H and O–H groups in total. The van der Waals surface area contributed by atoms with E-state index in [2.05, 4.69) is 5.32 Å². The van der Waals surface area contributed by atoms with Crippen molar-refractivity contribution in [2.75, 3.05) is 6.54 Å². The number of carbonyl (C=O) groups is 2. The van der Waals surface area contributed by atoms with Gasteiger partial charge in [-0.05, 0) is 59.9 Å². The van der Waals surface area contributed by atoms with Crippen LogP contribution in [-0.4, -0.2) is 29.4 Å². The zero-order valence-electron chi connectivity index (χ0n) is 19.5. The van der Waals surface area contributed by atoms with Crippen molar-refractivity contribution in [3.8, 4) is 5.75 Å². The highest BCUT2D eigenvalue weighted by Gasteiger charge is 2.32. The third kappa shape index (κ3) is 5.28. The summed E-state index contributed by atoms with van der Waals surface area (Å²) in [5.74, 6) is -0.0103. The lowest BCUT2D eigenvalue weighted by atomic mass is 9.87. The Kier molecular flexibility index (Phi) is 7.26. The number of nitrogens with one attached hydrogen (secondary N) is 1. The van der Waals surface area contributed by atoms with Gasteiger partial charge < -0.3 is 15.0 Å². The Bertz CT molecular complexity index is 1170. The highest BCUT2D eigenvalue weighted by Crippen LogP contribution is 2.37.